The summed E-state index contributed by atoms with van der Waals surface area (Å²) in [5.41, 5.74) is 6.54. The number of hydrogen-bond donors (Lipinski definition) is 2. The fourth-order valence-corrected chi connectivity index (χ4v) is 1.43. The van der Waals surface area contributed by atoms with Gasteiger partial charge in [-0.1, -0.05) is 13.8 Å². The summed E-state index contributed by atoms with van der Waals surface area (Å²) in [7, 11) is 0. The quantitative estimate of drug-likeness (QED) is 0.825. The number of anilines is 2. The van der Waals surface area contributed by atoms with Gasteiger partial charge >= 0.3 is 0 Å². The van der Waals surface area contributed by atoms with E-state index in [0.717, 1.165) is 11.5 Å². The highest BCUT2D eigenvalue weighted by Crippen LogP contribution is 2.17. The molecule has 0 saturated heterocycles. The molecule has 86 valence electrons. The number of nitrogens with one attached hydrogen (secondary N) is 1. The third-order valence-electron chi connectivity index (χ3n) is 2.76. The second-order valence-electron chi connectivity index (χ2n) is 4.35. The minimum atomic E-state index is 0.329. The Kier molecular flexibility index (Phi) is 2.68. The van der Waals surface area contributed by atoms with Gasteiger partial charge in [0.05, 0.1) is 6.20 Å². The normalized spacial score (nSPS) is 13.2. The minimum Gasteiger partial charge on any atom is -0.382 e. The SMILES string of the molecule is CC(C)C(C)Nc1nc(N)cn2ccnc12. The zero-order valence-electron chi connectivity index (χ0n) is 9.81. The van der Waals surface area contributed by atoms with E-state index in [0.29, 0.717) is 17.8 Å². The lowest BCUT2D eigenvalue weighted by Gasteiger charge is -2.18. The summed E-state index contributed by atoms with van der Waals surface area (Å²) in [5.74, 6) is 1.76. The fraction of sp³-hybridized carbons (Fsp3) is 0.455. The molecule has 1 unspecified atom stereocenters. The Hall–Kier alpha value is -1.78. The molecule has 0 amide bonds. The van der Waals surface area contributed by atoms with Gasteiger partial charge in [-0.15, -0.1) is 0 Å². The van der Waals surface area contributed by atoms with Crippen LogP contribution in [0.5, 0.6) is 0 Å². The third-order valence-corrected chi connectivity index (χ3v) is 2.76. The Balaban J connectivity index is 2.39. The third kappa shape index (κ3) is 1.93. The molecule has 0 saturated carbocycles. The molecule has 2 rings (SSSR count). The van der Waals surface area contributed by atoms with Crippen LogP contribution in [-0.2, 0) is 0 Å². The number of nitrogens with two attached hydrogens (primary N) is 1. The lowest BCUT2D eigenvalue weighted by molar-refractivity contribution is 0.558. The summed E-state index contributed by atoms with van der Waals surface area (Å²) in [6.07, 6.45) is 5.35. The van der Waals surface area contributed by atoms with Gasteiger partial charge in [-0.3, -0.25) is 0 Å². The van der Waals surface area contributed by atoms with Crippen molar-refractivity contribution in [3.63, 3.8) is 0 Å². The Morgan fingerprint density at radius 1 is 1.38 bits per heavy atom. The first-order valence-electron chi connectivity index (χ1n) is 5.43. The van der Waals surface area contributed by atoms with Gasteiger partial charge in [-0.05, 0) is 12.8 Å². The highest BCUT2D eigenvalue weighted by atomic mass is 15.1. The summed E-state index contributed by atoms with van der Waals surface area (Å²) in [4.78, 5) is 8.53. The molecule has 1 atom stereocenters. The lowest BCUT2D eigenvalue weighted by atomic mass is 10.1. The first-order valence-corrected chi connectivity index (χ1v) is 5.43. The van der Waals surface area contributed by atoms with Crippen molar-refractivity contribution in [1.29, 1.82) is 0 Å². The van der Waals surface area contributed by atoms with Crippen molar-refractivity contribution in [2.24, 2.45) is 5.92 Å². The number of rotatable bonds is 3. The minimum absolute atomic E-state index is 0.329. The number of nitrogen functional groups attached to an aromatic ring is 1. The molecule has 0 aliphatic carbocycles. The largest absolute Gasteiger partial charge is 0.382 e. The van der Waals surface area contributed by atoms with E-state index >= 15 is 0 Å². The van der Waals surface area contributed by atoms with Gasteiger partial charge in [0.2, 0.25) is 0 Å². The second kappa shape index (κ2) is 4.00. The first kappa shape index (κ1) is 10.7. The number of hydrogen-bond acceptors (Lipinski definition) is 4. The number of aromatic nitrogens is 3. The molecule has 0 spiro atoms. The molecule has 2 heterocycles. The summed E-state index contributed by atoms with van der Waals surface area (Å²) in [5, 5.41) is 3.34. The zero-order valence-corrected chi connectivity index (χ0v) is 9.81. The van der Waals surface area contributed by atoms with Crippen molar-refractivity contribution in [3.8, 4) is 0 Å². The van der Waals surface area contributed by atoms with E-state index in [2.05, 4.69) is 36.1 Å². The van der Waals surface area contributed by atoms with E-state index in [1.54, 1.807) is 12.4 Å². The van der Waals surface area contributed by atoms with E-state index in [-0.39, 0.29) is 0 Å². The molecular formula is C11H17N5. The van der Waals surface area contributed by atoms with Crippen molar-refractivity contribution in [2.75, 3.05) is 11.1 Å². The van der Waals surface area contributed by atoms with Gasteiger partial charge in [0.15, 0.2) is 11.5 Å². The number of nitrogens with zero attached hydrogens (tertiary/aromatic N) is 3. The topological polar surface area (TPSA) is 68.2 Å². The molecule has 5 nitrogen and oxygen atoms in total. The molecule has 3 N–H and O–H groups in total. The molecule has 0 radical (unpaired) electrons. The standard InChI is InChI=1S/C11H17N5/c1-7(2)8(3)14-10-11-13-4-5-16(11)6-9(12)15-10/h4-8H,12H2,1-3H3,(H,14,15). The maximum Gasteiger partial charge on any atom is 0.180 e. The van der Waals surface area contributed by atoms with Crippen LogP contribution in [0.3, 0.4) is 0 Å². The van der Waals surface area contributed by atoms with Gasteiger partial charge in [-0.25, -0.2) is 9.97 Å². The smallest absolute Gasteiger partial charge is 0.180 e. The van der Waals surface area contributed by atoms with Crippen LogP contribution in [0.1, 0.15) is 20.8 Å². The van der Waals surface area contributed by atoms with Crippen molar-refractivity contribution in [2.45, 2.75) is 26.8 Å². The van der Waals surface area contributed by atoms with Crippen molar-refractivity contribution < 1.29 is 0 Å². The maximum atomic E-state index is 5.74. The van der Waals surface area contributed by atoms with E-state index in [4.69, 9.17) is 5.73 Å². The van der Waals surface area contributed by atoms with Crippen LogP contribution < -0.4 is 11.1 Å². The van der Waals surface area contributed by atoms with Crippen LogP contribution in [0.4, 0.5) is 11.6 Å². The first-order chi connectivity index (χ1) is 7.58. The van der Waals surface area contributed by atoms with Crippen molar-refractivity contribution >= 4 is 17.3 Å². The molecule has 0 aliphatic rings. The van der Waals surface area contributed by atoms with E-state index in [1.807, 2.05) is 10.6 Å². The highest BCUT2D eigenvalue weighted by Gasteiger charge is 2.11. The van der Waals surface area contributed by atoms with Crippen LogP contribution in [0, 0.1) is 5.92 Å². The second-order valence-corrected chi connectivity index (χ2v) is 4.35. The highest BCUT2D eigenvalue weighted by molar-refractivity contribution is 5.65. The molecule has 0 bridgehead atoms. The van der Waals surface area contributed by atoms with Crippen molar-refractivity contribution in [3.05, 3.63) is 18.6 Å². The van der Waals surface area contributed by atoms with Crippen LogP contribution in [0.25, 0.3) is 5.65 Å². The molecule has 5 heteroatoms. The van der Waals surface area contributed by atoms with Crippen LogP contribution >= 0.6 is 0 Å². The molecule has 0 aromatic carbocycles. The fourth-order valence-electron chi connectivity index (χ4n) is 1.43. The van der Waals surface area contributed by atoms with Gasteiger partial charge in [0.1, 0.15) is 5.82 Å². The average molecular weight is 219 g/mol. The maximum absolute atomic E-state index is 5.74. The Morgan fingerprint density at radius 2 is 2.12 bits per heavy atom. The predicted octanol–water partition coefficient (Wildman–Crippen LogP) is 1.77. The lowest BCUT2D eigenvalue weighted by Crippen LogP contribution is -2.22. The van der Waals surface area contributed by atoms with Crippen molar-refractivity contribution in [1.82, 2.24) is 14.4 Å². The van der Waals surface area contributed by atoms with Gasteiger partial charge in [0.25, 0.3) is 0 Å². The molecule has 2 aromatic heterocycles. The molecule has 0 fully saturated rings. The molecule has 2 aromatic rings. The molecule has 0 aliphatic heterocycles. The average Bonchev–Trinajstić information content (AvgIpc) is 2.65. The molecule has 16 heavy (non-hydrogen) atoms. The Bertz CT molecular complexity index is 488. The van der Waals surface area contributed by atoms with Crippen LogP contribution in [-0.4, -0.2) is 20.4 Å². The predicted molar refractivity (Wildman–Crippen MR) is 65.3 cm³/mol. The van der Waals surface area contributed by atoms with Gasteiger partial charge < -0.3 is 15.5 Å². The molecular weight excluding hydrogens is 202 g/mol. The monoisotopic (exact) mass is 219 g/mol. The summed E-state index contributed by atoms with van der Waals surface area (Å²) >= 11 is 0. The Labute approximate surface area is 94.7 Å². The van der Waals surface area contributed by atoms with Crippen LogP contribution in [0.15, 0.2) is 18.6 Å². The van der Waals surface area contributed by atoms with E-state index in [1.165, 1.54) is 0 Å². The summed E-state index contributed by atoms with van der Waals surface area (Å²) in [6, 6.07) is 0.329. The van der Waals surface area contributed by atoms with Gasteiger partial charge in [0, 0.05) is 18.4 Å². The summed E-state index contributed by atoms with van der Waals surface area (Å²) in [6.45, 7) is 6.44. The zero-order chi connectivity index (χ0) is 11.7. The number of imidazole rings is 1. The van der Waals surface area contributed by atoms with E-state index in [9.17, 15) is 0 Å². The van der Waals surface area contributed by atoms with Gasteiger partial charge in [-0.2, -0.15) is 0 Å². The number of fused-ring (bicyclic) bond motifs is 1. The van der Waals surface area contributed by atoms with Crippen LogP contribution in [0.2, 0.25) is 0 Å². The van der Waals surface area contributed by atoms with E-state index < -0.39 is 0 Å². The summed E-state index contributed by atoms with van der Waals surface area (Å²) < 4.78 is 1.87. The Morgan fingerprint density at radius 3 is 2.81 bits per heavy atom.